The molecule has 0 saturated carbocycles. The van der Waals surface area contributed by atoms with Gasteiger partial charge in [0.1, 0.15) is 12.2 Å². The van der Waals surface area contributed by atoms with E-state index in [1.165, 1.54) is 32.1 Å². The van der Waals surface area contributed by atoms with Crippen molar-refractivity contribution < 1.29 is 20.4 Å². The Morgan fingerprint density at radius 3 is 2.20 bits per heavy atom. The molecule has 1 heterocycles. The first-order valence-electron chi connectivity index (χ1n) is 7.97. The number of nitrogens with one attached hydrogen (secondary N) is 1. The van der Waals surface area contributed by atoms with Crippen molar-refractivity contribution in [3.05, 3.63) is 0 Å². The zero-order valence-corrected chi connectivity index (χ0v) is 12.6. The fourth-order valence-corrected chi connectivity index (χ4v) is 2.93. The minimum atomic E-state index is -1.19. The zero-order chi connectivity index (χ0) is 15.0. The van der Waals surface area contributed by atoms with Gasteiger partial charge < -0.3 is 25.7 Å². The van der Waals surface area contributed by atoms with Crippen LogP contribution in [0.15, 0.2) is 0 Å². The molecule has 0 amide bonds. The molecular weight excluding hydrogens is 258 g/mol. The number of aliphatic hydroxyl groups excluding tert-OH is 4. The van der Waals surface area contributed by atoms with Crippen molar-refractivity contribution >= 4 is 0 Å². The van der Waals surface area contributed by atoms with Gasteiger partial charge in [0.15, 0.2) is 0 Å². The van der Waals surface area contributed by atoms with Crippen LogP contribution in [-0.2, 0) is 0 Å². The first-order valence-corrected chi connectivity index (χ1v) is 7.97. The molecular formula is C15H31NO4. The number of unbranched alkanes of at least 4 members (excludes halogenated alkanes) is 6. The fraction of sp³-hybridized carbons (Fsp3) is 1.00. The maximum absolute atomic E-state index is 10.1. The van der Waals surface area contributed by atoms with Gasteiger partial charge in [-0.05, 0) is 6.42 Å². The van der Waals surface area contributed by atoms with E-state index in [9.17, 15) is 20.4 Å². The molecule has 1 saturated heterocycles. The van der Waals surface area contributed by atoms with E-state index in [1.807, 2.05) is 0 Å². The second-order valence-electron chi connectivity index (χ2n) is 6.07. The van der Waals surface area contributed by atoms with Crippen LogP contribution >= 0.6 is 0 Å². The van der Waals surface area contributed by atoms with Crippen LogP contribution in [0.4, 0.5) is 0 Å². The minimum Gasteiger partial charge on any atom is -0.394 e. The topological polar surface area (TPSA) is 93.0 Å². The lowest BCUT2D eigenvalue weighted by molar-refractivity contribution is -0.135. The highest BCUT2D eigenvalue weighted by Crippen LogP contribution is 2.26. The first kappa shape index (κ1) is 17.9. The average Bonchev–Trinajstić information content (AvgIpc) is 2.46. The zero-order valence-electron chi connectivity index (χ0n) is 12.6. The Labute approximate surface area is 122 Å². The van der Waals surface area contributed by atoms with Gasteiger partial charge in [-0.2, -0.15) is 0 Å². The van der Waals surface area contributed by atoms with E-state index >= 15 is 0 Å². The van der Waals surface area contributed by atoms with Gasteiger partial charge in [0.25, 0.3) is 0 Å². The molecule has 0 aromatic rings. The third-order valence-electron chi connectivity index (χ3n) is 4.46. The van der Waals surface area contributed by atoms with Crippen molar-refractivity contribution in [3.63, 3.8) is 0 Å². The van der Waals surface area contributed by atoms with E-state index in [0.29, 0.717) is 6.42 Å². The molecule has 20 heavy (non-hydrogen) atoms. The first-order chi connectivity index (χ1) is 9.57. The summed E-state index contributed by atoms with van der Waals surface area (Å²) in [6.07, 6.45) is 5.49. The third-order valence-corrected chi connectivity index (χ3v) is 4.46. The molecule has 0 bridgehead atoms. The third kappa shape index (κ3) is 4.67. The van der Waals surface area contributed by atoms with Crippen LogP contribution in [0.2, 0.25) is 0 Å². The summed E-state index contributed by atoms with van der Waals surface area (Å²) in [6.45, 7) is 2.17. The quantitative estimate of drug-likeness (QED) is 0.400. The molecule has 1 fully saturated rings. The Hall–Kier alpha value is -0.200. The van der Waals surface area contributed by atoms with E-state index in [2.05, 4.69) is 12.2 Å². The normalized spacial score (nSPS) is 34.4. The van der Waals surface area contributed by atoms with Gasteiger partial charge in [-0.1, -0.05) is 51.9 Å². The summed E-state index contributed by atoms with van der Waals surface area (Å²) >= 11 is 0. The SMILES string of the molecule is CCCCCCCCC[C@@]1(CO)NC[C@H](O)[C@@H](O)[C@@H]1O. The predicted octanol–water partition coefficient (Wildman–Crippen LogP) is 0.544. The Morgan fingerprint density at radius 2 is 1.60 bits per heavy atom. The van der Waals surface area contributed by atoms with Crippen molar-refractivity contribution in [2.75, 3.05) is 13.2 Å². The largest absolute Gasteiger partial charge is 0.394 e. The smallest absolute Gasteiger partial charge is 0.109 e. The molecule has 0 aromatic carbocycles. The molecule has 4 atom stereocenters. The van der Waals surface area contributed by atoms with Crippen LogP contribution in [-0.4, -0.2) is 57.4 Å². The summed E-state index contributed by atoms with van der Waals surface area (Å²) in [7, 11) is 0. The molecule has 0 aliphatic carbocycles. The number of aliphatic hydroxyl groups is 4. The molecule has 0 aromatic heterocycles. The minimum absolute atomic E-state index is 0.204. The molecule has 5 N–H and O–H groups in total. The van der Waals surface area contributed by atoms with Crippen LogP contribution in [0.1, 0.15) is 58.3 Å². The Bertz CT molecular complexity index is 264. The molecule has 0 radical (unpaired) electrons. The summed E-state index contributed by atoms with van der Waals surface area (Å²) in [4.78, 5) is 0. The highest BCUT2D eigenvalue weighted by atomic mass is 16.4. The van der Waals surface area contributed by atoms with Gasteiger partial charge in [0.2, 0.25) is 0 Å². The van der Waals surface area contributed by atoms with E-state index in [0.717, 1.165) is 12.8 Å². The average molecular weight is 289 g/mol. The predicted molar refractivity (Wildman–Crippen MR) is 78.4 cm³/mol. The van der Waals surface area contributed by atoms with Gasteiger partial charge in [0, 0.05) is 6.54 Å². The van der Waals surface area contributed by atoms with Crippen molar-refractivity contribution in [1.29, 1.82) is 0 Å². The second kappa shape index (κ2) is 8.95. The van der Waals surface area contributed by atoms with Crippen LogP contribution in [0, 0.1) is 0 Å². The number of hydrogen-bond donors (Lipinski definition) is 5. The molecule has 5 nitrogen and oxygen atoms in total. The van der Waals surface area contributed by atoms with Crippen molar-refractivity contribution in [3.8, 4) is 0 Å². The molecule has 120 valence electrons. The van der Waals surface area contributed by atoms with Crippen LogP contribution in [0.25, 0.3) is 0 Å². The molecule has 1 rings (SSSR count). The summed E-state index contributed by atoms with van der Waals surface area (Å²) in [5.74, 6) is 0. The summed E-state index contributed by atoms with van der Waals surface area (Å²) in [5, 5.41) is 42.0. The van der Waals surface area contributed by atoms with E-state index in [-0.39, 0.29) is 13.2 Å². The van der Waals surface area contributed by atoms with Crippen molar-refractivity contribution in [2.45, 2.75) is 82.1 Å². The number of hydrogen-bond acceptors (Lipinski definition) is 5. The Balaban J connectivity index is 2.31. The van der Waals surface area contributed by atoms with E-state index in [1.54, 1.807) is 0 Å². The van der Waals surface area contributed by atoms with Gasteiger partial charge >= 0.3 is 0 Å². The Kier molecular flexibility index (Phi) is 7.99. The summed E-state index contributed by atoms with van der Waals surface area (Å²) in [6, 6.07) is 0. The maximum atomic E-state index is 10.1. The molecule has 0 spiro atoms. The van der Waals surface area contributed by atoms with Crippen molar-refractivity contribution in [2.24, 2.45) is 0 Å². The van der Waals surface area contributed by atoms with E-state index < -0.39 is 23.9 Å². The summed E-state index contributed by atoms with van der Waals surface area (Å²) < 4.78 is 0. The van der Waals surface area contributed by atoms with Gasteiger partial charge in [-0.15, -0.1) is 0 Å². The highest BCUT2D eigenvalue weighted by Gasteiger charge is 2.46. The van der Waals surface area contributed by atoms with Crippen LogP contribution < -0.4 is 5.32 Å². The van der Waals surface area contributed by atoms with Gasteiger partial charge in [0.05, 0.1) is 18.2 Å². The standard InChI is InChI=1S/C15H31NO4/c1-2-3-4-5-6-7-8-9-15(11-17)14(20)13(19)12(18)10-16-15/h12-14,16-20H,2-11H2,1H3/t12-,13+,14-,15-/m0/s1. The molecule has 0 unspecified atom stereocenters. The van der Waals surface area contributed by atoms with Crippen LogP contribution in [0.5, 0.6) is 0 Å². The molecule has 1 aliphatic rings. The van der Waals surface area contributed by atoms with E-state index in [4.69, 9.17) is 0 Å². The lowest BCUT2D eigenvalue weighted by Crippen LogP contribution is -2.69. The number of rotatable bonds is 9. The fourth-order valence-electron chi connectivity index (χ4n) is 2.93. The molecule has 5 heteroatoms. The lowest BCUT2D eigenvalue weighted by Gasteiger charge is -2.45. The van der Waals surface area contributed by atoms with Crippen LogP contribution in [0.3, 0.4) is 0 Å². The van der Waals surface area contributed by atoms with Crippen molar-refractivity contribution in [1.82, 2.24) is 5.32 Å². The number of piperidine rings is 1. The number of β-amino-alcohol motifs (C(OH)–C–C–N with tert-alkyl or cyclic N) is 1. The highest BCUT2D eigenvalue weighted by molar-refractivity contribution is 5.04. The lowest BCUT2D eigenvalue weighted by atomic mass is 9.79. The Morgan fingerprint density at radius 1 is 1.00 bits per heavy atom. The summed E-state index contributed by atoms with van der Waals surface area (Å²) in [5.41, 5.74) is -0.873. The van der Waals surface area contributed by atoms with Gasteiger partial charge in [-0.25, -0.2) is 0 Å². The maximum Gasteiger partial charge on any atom is 0.109 e. The molecule has 1 aliphatic heterocycles. The van der Waals surface area contributed by atoms with Gasteiger partial charge in [-0.3, -0.25) is 0 Å². The second-order valence-corrected chi connectivity index (χ2v) is 6.07. The monoisotopic (exact) mass is 289 g/mol.